The number of Topliss-reactive ketones (excluding diaryl/α,β-unsaturated/α-hetero) is 1. The summed E-state index contributed by atoms with van der Waals surface area (Å²) >= 11 is 0. The first-order valence-electron chi connectivity index (χ1n) is 8.91. The van der Waals surface area contributed by atoms with Crippen LogP contribution in [0.5, 0.6) is 0 Å². The second kappa shape index (κ2) is 9.18. The Morgan fingerprint density at radius 3 is 2.46 bits per heavy atom. The molecule has 0 amide bonds. The summed E-state index contributed by atoms with van der Waals surface area (Å²) in [5.74, 6) is 0.111. The summed E-state index contributed by atoms with van der Waals surface area (Å²) in [6, 6.07) is 5.58. The molecule has 140 valence electrons. The SMILES string of the molecule is C=C/C=c1/oc(=O)c2cc(NC(C)(C)CC(C)=O)ccc2/c1=C/C.CC. The van der Waals surface area contributed by atoms with Crippen LogP contribution in [-0.4, -0.2) is 11.3 Å². The highest BCUT2D eigenvalue weighted by atomic mass is 16.4. The minimum Gasteiger partial charge on any atom is -0.422 e. The van der Waals surface area contributed by atoms with Gasteiger partial charge in [-0.25, -0.2) is 4.79 Å². The number of benzene rings is 1. The Balaban J connectivity index is 0.00000163. The van der Waals surface area contributed by atoms with Crippen LogP contribution in [0.1, 0.15) is 48.0 Å². The van der Waals surface area contributed by atoms with E-state index in [2.05, 4.69) is 11.9 Å². The third-order valence-electron chi connectivity index (χ3n) is 3.73. The smallest absolute Gasteiger partial charge is 0.344 e. The largest absolute Gasteiger partial charge is 0.422 e. The van der Waals surface area contributed by atoms with E-state index in [-0.39, 0.29) is 5.78 Å². The van der Waals surface area contributed by atoms with Gasteiger partial charge in [0.1, 0.15) is 11.2 Å². The molecule has 1 heterocycles. The zero-order valence-corrected chi connectivity index (χ0v) is 16.6. The Morgan fingerprint density at radius 1 is 1.27 bits per heavy atom. The van der Waals surface area contributed by atoms with Crippen molar-refractivity contribution in [3.8, 4) is 0 Å². The maximum atomic E-state index is 12.3. The van der Waals surface area contributed by atoms with Gasteiger partial charge in [-0.2, -0.15) is 0 Å². The lowest BCUT2D eigenvalue weighted by Crippen LogP contribution is -2.33. The zero-order chi connectivity index (χ0) is 19.9. The van der Waals surface area contributed by atoms with E-state index < -0.39 is 11.2 Å². The fourth-order valence-corrected chi connectivity index (χ4v) is 2.95. The van der Waals surface area contributed by atoms with Crippen LogP contribution in [0.3, 0.4) is 0 Å². The van der Waals surface area contributed by atoms with Crippen LogP contribution in [0.4, 0.5) is 5.69 Å². The van der Waals surface area contributed by atoms with Gasteiger partial charge in [0.15, 0.2) is 0 Å². The van der Waals surface area contributed by atoms with E-state index in [1.807, 2.05) is 52.8 Å². The van der Waals surface area contributed by atoms with Crippen LogP contribution in [-0.2, 0) is 4.79 Å². The van der Waals surface area contributed by atoms with E-state index in [0.717, 1.165) is 16.3 Å². The lowest BCUT2D eigenvalue weighted by molar-refractivity contribution is -0.117. The number of fused-ring (bicyclic) bond motifs is 1. The summed E-state index contributed by atoms with van der Waals surface area (Å²) in [5, 5.41) is 5.51. The molecular formula is C22H29NO3. The number of allylic oxidation sites excluding steroid dienone is 1. The molecule has 0 aliphatic heterocycles. The Kier molecular flexibility index (Phi) is 7.56. The van der Waals surface area contributed by atoms with Gasteiger partial charge in [0.2, 0.25) is 0 Å². The van der Waals surface area contributed by atoms with Gasteiger partial charge in [0.05, 0.1) is 5.39 Å². The Bertz CT molecular complexity index is 965. The van der Waals surface area contributed by atoms with Gasteiger partial charge in [0.25, 0.3) is 0 Å². The van der Waals surface area contributed by atoms with E-state index >= 15 is 0 Å². The fraction of sp³-hybridized carbons (Fsp3) is 0.364. The van der Waals surface area contributed by atoms with Crippen molar-refractivity contribution in [2.24, 2.45) is 0 Å². The van der Waals surface area contributed by atoms with Crippen molar-refractivity contribution in [1.29, 1.82) is 0 Å². The van der Waals surface area contributed by atoms with Crippen molar-refractivity contribution in [1.82, 2.24) is 0 Å². The van der Waals surface area contributed by atoms with Crippen LogP contribution in [0.25, 0.3) is 22.9 Å². The van der Waals surface area contributed by atoms with Gasteiger partial charge in [-0.15, -0.1) is 0 Å². The van der Waals surface area contributed by atoms with Crippen LogP contribution in [0.15, 0.2) is 40.1 Å². The average Bonchev–Trinajstić information content (AvgIpc) is 2.56. The number of rotatable bonds is 5. The van der Waals surface area contributed by atoms with Crippen LogP contribution in [0.2, 0.25) is 0 Å². The maximum Gasteiger partial charge on any atom is 0.344 e. The first-order valence-corrected chi connectivity index (χ1v) is 8.91. The number of hydrogen-bond acceptors (Lipinski definition) is 4. The third-order valence-corrected chi connectivity index (χ3v) is 3.73. The molecule has 4 heteroatoms. The molecule has 0 aliphatic carbocycles. The van der Waals surface area contributed by atoms with Gasteiger partial charge in [-0.05, 0) is 51.3 Å². The van der Waals surface area contributed by atoms with Crippen LogP contribution >= 0.6 is 0 Å². The van der Waals surface area contributed by atoms with E-state index in [1.54, 1.807) is 25.1 Å². The summed E-state index contributed by atoms with van der Waals surface area (Å²) in [6.45, 7) is 15.0. The van der Waals surface area contributed by atoms with Crippen molar-refractivity contribution >= 4 is 34.4 Å². The minimum atomic E-state index is -0.393. The summed E-state index contributed by atoms with van der Waals surface area (Å²) in [4.78, 5) is 23.7. The van der Waals surface area contributed by atoms with E-state index in [0.29, 0.717) is 17.2 Å². The molecule has 0 atom stereocenters. The van der Waals surface area contributed by atoms with Gasteiger partial charge in [-0.1, -0.05) is 38.6 Å². The second-order valence-corrected chi connectivity index (χ2v) is 6.51. The zero-order valence-electron chi connectivity index (χ0n) is 16.6. The molecule has 0 bridgehead atoms. The summed E-state index contributed by atoms with van der Waals surface area (Å²) in [6.07, 6.45) is 5.59. The molecule has 0 fully saturated rings. The average molecular weight is 355 g/mol. The monoisotopic (exact) mass is 355 g/mol. The quantitative estimate of drug-likeness (QED) is 0.887. The van der Waals surface area contributed by atoms with Gasteiger partial charge >= 0.3 is 5.63 Å². The lowest BCUT2D eigenvalue weighted by Gasteiger charge is -2.26. The molecule has 2 aromatic rings. The normalized spacial score (nSPS) is 12.5. The molecule has 0 unspecified atom stereocenters. The van der Waals surface area contributed by atoms with Crippen molar-refractivity contribution in [3.05, 3.63) is 51.9 Å². The van der Waals surface area contributed by atoms with Crippen molar-refractivity contribution in [3.63, 3.8) is 0 Å². The lowest BCUT2D eigenvalue weighted by atomic mass is 9.97. The molecule has 0 spiro atoms. The van der Waals surface area contributed by atoms with E-state index in [9.17, 15) is 9.59 Å². The minimum absolute atomic E-state index is 0.111. The Hall–Kier alpha value is -2.62. The first kappa shape index (κ1) is 21.4. The molecule has 1 N–H and O–H groups in total. The van der Waals surface area contributed by atoms with Crippen molar-refractivity contribution in [2.75, 3.05) is 5.32 Å². The highest BCUT2D eigenvalue weighted by Gasteiger charge is 2.20. The van der Waals surface area contributed by atoms with Gasteiger partial charge in [0, 0.05) is 22.9 Å². The summed E-state index contributed by atoms with van der Waals surface area (Å²) < 4.78 is 5.41. The van der Waals surface area contributed by atoms with E-state index in [1.165, 1.54) is 0 Å². The maximum absolute atomic E-state index is 12.3. The van der Waals surface area contributed by atoms with Crippen LogP contribution in [0, 0.1) is 0 Å². The number of ketones is 1. The highest BCUT2D eigenvalue weighted by Crippen LogP contribution is 2.20. The number of carbonyl (C=O) groups excluding carboxylic acids is 1. The molecule has 0 aliphatic rings. The molecule has 0 radical (unpaired) electrons. The predicted molar refractivity (Wildman–Crippen MR) is 111 cm³/mol. The molecule has 4 nitrogen and oxygen atoms in total. The highest BCUT2D eigenvalue weighted by molar-refractivity contribution is 5.86. The van der Waals surface area contributed by atoms with Crippen LogP contribution < -0.4 is 21.6 Å². The van der Waals surface area contributed by atoms with Gasteiger partial charge < -0.3 is 9.73 Å². The molecular weight excluding hydrogens is 326 g/mol. The standard InChI is InChI=1S/C20H23NO3.C2H6/c1-6-8-18-15(7-2)16-10-9-14(11-17(16)19(23)24-18)21-20(4,5)12-13(3)22;1-2/h6-11,21H,1,12H2,2-5H3;1-2H3/b15-7-,18-8+;. The van der Waals surface area contributed by atoms with Crippen molar-refractivity contribution in [2.45, 2.75) is 53.5 Å². The number of hydrogen-bond donors (Lipinski definition) is 1. The molecule has 26 heavy (non-hydrogen) atoms. The van der Waals surface area contributed by atoms with E-state index in [4.69, 9.17) is 4.42 Å². The molecule has 2 rings (SSSR count). The number of nitrogens with one attached hydrogen (secondary N) is 1. The molecule has 1 aromatic heterocycles. The number of carbonyl (C=O) groups is 1. The Morgan fingerprint density at radius 2 is 1.92 bits per heavy atom. The summed E-state index contributed by atoms with van der Waals surface area (Å²) in [7, 11) is 0. The third kappa shape index (κ3) is 5.19. The summed E-state index contributed by atoms with van der Waals surface area (Å²) in [5.41, 5.74) is 0.499. The molecule has 0 saturated heterocycles. The second-order valence-electron chi connectivity index (χ2n) is 6.51. The predicted octanol–water partition coefficient (Wildman–Crippen LogP) is 3.76. The topological polar surface area (TPSA) is 59.3 Å². The first-order chi connectivity index (χ1) is 12.3. The van der Waals surface area contributed by atoms with Crippen molar-refractivity contribution < 1.29 is 9.21 Å². The number of anilines is 1. The van der Waals surface area contributed by atoms with Gasteiger partial charge in [-0.3, -0.25) is 4.79 Å². The fourth-order valence-electron chi connectivity index (χ4n) is 2.95. The molecule has 1 aromatic carbocycles. The Labute approximate surface area is 154 Å². The molecule has 0 saturated carbocycles.